The molecule has 2 N–H and O–H groups in total. The fourth-order valence-electron chi connectivity index (χ4n) is 2.42. The van der Waals surface area contributed by atoms with Gasteiger partial charge in [0, 0.05) is 20.1 Å². The van der Waals surface area contributed by atoms with Crippen molar-refractivity contribution in [1.82, 2.24) is 15.5 Å². The van der Waals surface area contributed by atoms with Gasteiger partial charge in [0.05, 0.1) is 0 Å². The fourth-order valence-corrected chi connectivity index (χ4v) is 2.42. The lowest BCUT2D eigenvalue weighted by molar-refractivity contribution is -0.128. The van der Waals surface area contributed by atoms with Crippen LogP contribution in [0.3, 0.4) is 0 Å². The van der Waals surface area contributed by atoms with E-state index in [0.29, 0.717) is 25.9 Å². The third-order valence-electron chi connectivity index (χ3n) is 3.72. The van der Waals surface area contributed by atoms with E-state index in [1.807, 2.05) is 6.92 Å². The number of amides is 3. The van der Waals surface area contributed by atoms with Crippen LogP contribution < -0.4 is 10.6 Å². The van der Waals surface area contributed by atoms with Crippen molar-refractivity contribution in [2.75, 3.05) is 20.1 Å². The van der Waals surface area contributed by atoms with Crippen molar-refractivity contribution in [1.29, 1.82) is 0 Å². The summed E-state index contributed by atoms with van der Waals surface area (Å²) in [6.07, 6.45) is 1.26. The van der Waals surface area contributed by atoms with Gasteiger partial charge in [0.1, 0.15) is 11.9 Å². The Balaban J connectivity index is 1.76. The normalized spacial score (nSPS) is 18.0. The summed E-state index contributed by atoms with van der Waals surface area (Å²) in [5, 5.41) is 5.39. The topological polar surface area (TPSA) is 61.4 Å². The van der Waals surface area contributed by atoms with Crippen LogP contribution in [0, 0.1) is 12.7 Å². The van der Waals surface area contributed by atoms with E-state index in [-0.39, 0.29) is 17.8 Å². The van der Waals surface area contributed by atoms with Crippen molar-refractivity contribution in [3.8, 4) is 0 Å². The molecule has 1 heterocycles. The van der Waals surface area contributed by atoms with Crippen LogP contribution in [0.25, 0.3) is 0 Å². The van der Waals surface area contributed by atoms with Crippen molar-refractivity contribution in [2.45, 2.75) is 25.8 Å². The number of halogens is 1. The van der Waals surface area contributed by atoms with Crippen molar-refractivity contribution < 1.29 is 14.0 Å². The first-order chi connectivity index (χ1) is 9.97. The van der Waals surface area contributed by atoms with Gasteiger partial charge in [-0.25, -0.2) is 9.18 Å². The molecular formula is C15H20FN3O2. The number of hydrogen-bond acceptors (Lipinski definition) is 2. The molecule has 6 heteroatoms. The van der Waals surface area contributed by atoms with Crippen molar-refractivity contribution >= 4 is 11.9 Å². The Hall–Kier alpha value is -2.11. The lowest BCUT2D eigenvalue weighted by Crippen LogP contribution is -2.46. The molecule has 0 radical (unpaired) electrons. The molecule has 3 amide bonds. The highest BCUT2D eigenvalue weighted by Gasteiger charge is 2.29. The van der Waals surface area contributed by atoms with E-state index in [0.717, 1.165) is 11.1 Å². The molecule has 5 nitrogen and oxygen atoms in total. The number of carbonyl (C=O) groups excluding carboxylic acids is 2. The van der Waals surface area contributed by atoms with Crippen LogP contribution in [0.5, 0.6) is 0 Å². The molecule has 21 heavy (non-hydrogen) atoms. The number of likely N-dealkylation sites (tertiary alicyclic amines) is 1. The van der Waals surface area contributed by atoms with Crippen LogP contribution in [-0.2, 0) is 11.2 Å². The lowest BCUT2D eigenvalue weighted by Gasteiger charge is -2.13. The third kappa shape index (κ3) is 3.93. The van der Waals surface area contributed by atoms with Crippen LogP contribution >= 0.6 is 0 Å². The smallest absolute Gasteiger partial charge is 0.315 e. The fraction of sp³-hybridized carbons (Fsp3) is 0.467. The van der Waals surface area contributed by atoms with Gasteiger partial charge in [-0.2, -0.15) is 0 Å². The van der Waals surface area contributed by atoms with E-state index < -0.39 is 6.04 Å². The molecule has 2 rings (SSSR count). The second kappa shape index (κ2) is 6.56. The Morgan fingerprint density at radius 1 is 1.48 bits per heavy atom. The van der Waals surface area contributed by atoms with Crippen LogP contribution in [-0.4, -0.2) is 43.0 Å². The number of hydrogen-bond donors (Lipinski definition) is 2. The number of urea groups is 1. The Kier molecular flexibility index (Phi) is 4.77. The zero-order valence-electron chi connectivity index (χ0n) is 12.3. The number of likely N-dealkylation sites (N-methyl/N-ethyl adjacent to an activating group) is 1. The molecular weight excluding hydrogens is 273 g/mol. The van der Waals surface area contributed by atoms with E-state index in [9.17, 15) is 14.0 Å². The van der Waals surface area contributed by atoms with Crippen LogP contribution in [0.1, 0.15) is 17.5 Å². The maximum absolute atomic E-state index is 13.0. The quantitative estimate of drug-likeness (QED) is 0.876. The van der Waals surface area contributed by atoms with Crippen LogP contribution in [0.15, 0.2) is 18.2 Å². The number of benzene rings is 1. The number of rotatable bonds is 4. The summed E-state index contributed by atoms with van der Waals surface area (Å²) in [5.41, 5.74) is 1.86. The molecule has 1 aliphatic heterocycles. The second-order valence-electron chi connectivity index (χ2n) is 5.32. The molecule has 1 atom stereocenters. The van der Waals surface area contributed by atoms with Crippen LogP contribution in [0.4, 0.5) is 9.18 Å². The van der Waals surface area contributed by atoms with Crippen molar-refractivity contribution in [3.63, 3.8) is 0 Å². The molecule has 0 spiro atoms. The molecule has 1 aliphatic rings. The van der Waals surface area contributed by atoms with Crippen LogP contribution in [0.2, 0.25) is 0 Å². The highest BCUT2D eigenvalue weighted by Crippen LogP contribution is 2.10. The second-order valence-corrected chi connectivity index (χ2v) is 5.32. The summed E-state index contributed by atoms with van der Waals surface area (Å²) in [7, 11) is 1.72. The average molecular weight is 293 g/mol. The molecule has 1 saturated heterocycles. The zero-order chi connectivity index (χ0) is 15.4. The maximum Gasteiger partial charge on any atom is 0.315 e. The molecule has 0 aliphatic carbocycles. The van der Waals surface area contributed by atoms with Gasteiger partial charge in [-0.1, -0.05) is 6.07 Å². The van der Waals surface area contributed by atoms with E-state index >= 15 is 0 Å². The molecule has 0 saturated carbocycles. The minimum Gasteiger partial charge on any atom is -0.344 e. The summed E-state index contributed by atoms with van der Waals surface area (Å²) >= 11 is 0. The average Bonchev–Trinajstić information content (AvgIpc) is 2.73. The van der Waals surface area contributed by atoms with Gasteiger partial charge in [0.25, 0.3) is 0 Å². The number of aryl methyl sites for hydroxylation is 1. The molecule has 114 valence electrons. The van der Waals surface area contributed by atoms with Gasteiger partial charge in [-0.05, 0) is 43.0 Å². The highest BCUT2D eigenvalue weighted by atomic mass is 19.1. The molecule has 1 aromatic carbocycles. The number of nitrogens with zero attached hydrogens (tertiary/aromatic N) is 1. The molecule has 1 fully saturated rings. The molecule has 0 unspecified atom stereocenters. The summed E-state index contributed by atoms with van der Waals surface area (Å²) in [6, 6.07) is 3.84. The standard InChI is InChI=1S/C15H20FN3O2/c1-10-9-12(16)4-3-11(10)5-7-17-15(21)18-13-6-8-19(2)14(13)20/h3-4,9,13H,5-8H2,1-2H3,(H2,17,18,21)/t13-/m0/s1. The van der Waals surface area contributed by atoms with Gasteiger partial charge in [-0.15, -0.1) is 0 Å². The van der Waals surface area contributed by atoms with Gasteiger partial charge in [0.2, 0.25) is 5.91 Å². The van der Waals surface area contributed by atoms with E-state index in [1.165, 1.54) is 12.1 Å². The van der Waals surface area contributed by atoms with Gasteiger partial charge in [0.15, 0.2) is 0 Å². The van der Waals surface area contributed by atoms with E-state index in [2.05, 4.69) is 10.6 Å². The van der Waals surface area contributed by atoms with E-state index in [4.69, 9.17) is 0 Å². The number of nitrogens with one attached hydrogen (secondary N) is 2. The first-order valence-electron chi connectivity index (χ1n) is 7.02. The number of carbonyl (C=O) groups is 2. The minimum absolute atomic E-state index is 0.0560. The Morgan fingerprint density at radius 3 is 2.86 bits per heavy atom. The first-order valence-corrected chi connectivity index (χ1v) is 7.02. The maximum atomic E-state index is 13.0. The van der Waals surface area contributed by atoms with Gasteiger partial charge in [-0.3, -0.25) is 4.79 Å². The van der Waals surface area contributed by atoms with Crippen molar-refractivity contribution in [2.24, 2.45) is 0 Å². The SMILES string of the molecule is Cc1cc(F)ccc1CCNC(=O)N[C@H]1CCN(C)C1=O. The monoisotopic (exact) mass is 293 g/mol. The summed E-state index contributed by atoms with van der Waals surface area (Å²) in [4.78, 5) is 25.0. The van der Waals surface area contributed by atoms with Gasteiger partial charge >= 0.3 is 6.03 Å². The summed E-state index contributed by atoms with van der Waals surface area (Å²) < 4.78 is 13.0. The Morgan fingerprint density at radius 2 is 2.24 bits per heavy atom. The minimum atomic E-state index is -0.428. The Labute approximate surface area is 123 Å². The Bertz CT molecular complexity index is 548. The molecule has 0 aromatic heterocycles. The summed E-state index contributed by atoms with van der Waals surface area (Å²) in [6.45, 7) is 2.94. The van der Waals surface area contributed by atoms with E-state index in [1.54, 1.807) is 18.0 Å². The third-order valence-corrected chi connectivity index (χ3v) is 3.72. The first kappa shape index (κ1) is 15.3. The zero-order valence-corrected chi connectivity index (χ0v) is 12.3. The van der Waals surface area contributed by atoms with Gasteiger partial charge < -0.3 is 15.5 Å². The molecule has 0 bridgehead atoms. The highest BCUT2D eigenvalue weighted by molar-refractivity contribution is 5.88. The van der Waals surface area contributed by atoms with Crippen molar-refractivity contribution in [3.05, 3.63) is 35.1 Å². The lowest BCUT2D eigenvalue weighted by atomic mass is 10.1. The predicted octanol–water partition coefficient (Wildman–Crippen LogP) is 1.21. The summed E-state index contributed by atoms with van der Waals surface area (Å²) in [5.74, 6) is -0.314. The predicted molar refractivity (Wildman–Crippen MR) is 77.4 cm³/mol. The molecule has 1 aromatic rings. The largest absolute Gasteiger partial charge is 0.344 e.